The van der Waals surface area contributed by atoms with Crippen LogP contribution in [0.5, 0.6) is 17.2 Å². The largest absolute Gasteiger partial charge is 0.508 e. The highest BCUT2D eigenvalue weighted by Crippen LogP contribution is 2.29. The van der Waals surface area contributed by atoms with Crippen LogP contribution >= 0.6 is 0 Å². The molecule has 0 aliphatic heterocycles. The second kappa shape index (κ2) is 7.62. The number of hydrogen-bond donors (Lipinski definition) is 4. The van der Waals surface area contributed by atoms with Crippen LogP contribution in [0.15, 0.2) is 30.3 Å². The van der Waals surface area contributed by atoms with Crippen molar-refractivity contribution in [3.05, 3.63) is 58.2 Å². The molecule has 0 fully saturated rings. The Morgan fingerprint density at radius 2 is 1.77 bits per heavy atom. The quantitative estimate of drug-likeness (QED) is 0.468. The summed E-state index contributed by atoms with van der Waals surface area (Å²) in [7, 11) is 0. The van der Waals surface area contributed by atoms with Crippen LogP contribution in [0.1, 0.15) is 46.0 Å². The third-order valence-corrected chi connectivity index (χ3v) is 4.59. The van der Waals surface area contributed by atoms with Gasteiger partial charge in [0.25, 0.3) is 0 Å². The summed E-state index contributed by atoms with van der Waals surface area (Å²) in [5.74, 6) is -0.000655. The van der Waals surface area contributed by atoms with Crippen molar-refractivity contribution >= 4 is 12.4 Å². The fourth-order valence-corrected chi connectivity index (χ4v) is 2.96. The number of carbonyl (C=O) groups excluding carboxylic acids is 1. The summed E-state index contributed by atoms with van der Waals surface area (Å²) in [5, 5.41) is 39.7. The second-order valence-corrected chi connectivity index (χ2v) is 6.78. The van der Waals surface area contributed by atoms with Gasteiger partial charge in [-0.3, -0.25) is 4.79 Å². The number of aldehydes is 1. The van der Waals surface area contributed by atoms with Gasteiger partial charge in [-0.15, -0.1) is 0 Å². The van der Waals surface area contributed by atoms with Gasteiger partial charge in [0.15, 0.2) is 6.29 Å². The lowest BCUT2D eigenvalue weighted by Crippen LogP contribution is -2.22. The van der Waals surface area contributed by atoms with E-state index in [0.717, 1.165) is 11.1 Å². The lowest BCUT2D eigenvalue weighted by atomic mass is 9.89. The highest BCUT2D eigenvalue weighted by molar-refractivity contribution is 5.82. The third-order valence-electron chi connectivity index (χ3n) is 4.59. The van der Waals surface area contributed by atoms with Gasteiger partial charge in [-0.25, -0.2) is 0 Å². The Hall–Kier alpha value is -2.79. The molecule has 0 amide bonds. The van der Waals surface area contributed by atoms with Crippen molar-refractivity contribution in [2.75, 3.05) is 0 Å². The topological polar surface area (TPSA) is 98.0 Å². The van der Waals surface area contributed by atoms with Crippen LogP contribution in [-0.2, 0) is 6.42 Å². The van der Waals surface area contributed by atoms with E-state index in [-0.39, 0.29) is 22.8 Å². The molecule has 1 atom stereocenters. The van der Waals surface area contributed by atoms with Crippen LogP contribution in [-0.4, -0.2) is 32.3 Å². The van der Waals surface area contributed by atoms with Gasteiger partial charge in [-0.1, -0.05) is 12.2 Å². The first-order valence-electron chi connectivity index (χ1n) is 8.35. The zero-order chi connectivity index (χ0) is 19.5. The molecular formula is C21H24O5. The van der Waals surface area contributed by atoms with E-state index in [1.54, 1.807) is 32.1 Å². The van der Waals surface area contributed by atoms with Crippen molar-refractivity contribution in [3.8, 4) is 17.2 Å². The summed E-state index contributed by atoms with van der Waals surface area (Å²) < 4.78 is 0. The molecule has 0 aliphatic rings. The molecule has 4 N–H and O–H groups in total. The Kier molecular flexibility index (Phi) is 5.73. The molecule has 0 heterocycles. The molecule has 5 heteroatoms. The number of hydrogen-bond acceptors (Lipinski definition) is 5. The van der Waals surface area contributed by atoms with E-state index >= 15 is 0 Å². The number of benzene rings is 2. The molecule has 0 aromatic heterocycles. The van der Waals surface area contributed by atoms with Gasteiger partial charge < -0.3 is 20.4 Å². The maximum atomic E-state index is 11.2. The predicted octanol–water partition coefficient (Wildman–Crippen LogP) is 3.63. The Labute approximate surface area is 152 Å². The van der Waals surface area contributed by atoms with E-state index in [0.29, 0.717) is 30.3 Å². The Bertz CT molecular complexity index is 850. The number of rotatable bonds is 6. The molecule has 2 aromatic rings. The highest BCUT2D eigenvalue weighted by atomic mass is 16.3. The molecule has 0 saturated heterocycles. The first-order chi connectivity index (χ1) is 12.1. The van der Waals surface area contributed by atoms with Crippen molar-refractivity contribution in [1.82, 2.24) is 0 Å². The SMILES string of the molecule is Cc1cc(O)c(C=O)c(C)c1CCC(C)(O)/C=C\c1cc(O)ccc1O. The van der Waals surface area contributed by atoms with Crippen LogP contribution < -0.4 is 0 Å². The highest BCUT2D eigenvalue weighted by Gasteiger charge is 2.19. The summed E-state index contributed by atoms with van der Waals surface area (Å²) in [6.07, 6.45) is 4.65. The summed E-state index contributed by atoms with van der Waals surface area (Å²) in [4.78, 5) is 11.2. The van der Waals surface area contributed by atoms with E-state index in [1.807, 2.05) is 6.92 Å². The molecule has 0 saturated carbocycles. The summed E-state index contributed by atoms with van der Waals surface area (Å²) in [6, 6.07) is 5.73. The van der Waals surface area contributed by atoms with Gasteiger partial charge in [-0.2, -0.15) is 0 Å². The standard InChI is InChI=1S/C21H24O5/c1-13-10-20(25)18(12-22)14(2)17(13)7-9-21(3,26)8-6-15-11-16(23)4-5-19(15)24/h4-6,8,10-12,23-26H,7,9H2,1-3H3/b8-6-. The van der Waals surface area contributed by atoms with E-state index in [9.17, 15) is 25.2 Å². The molecule has 0 aliphatic carbocycles. The molecule has 2 rings (SSSR count). The van der Waals surface area contributed by atoms with Gasteiger partial charge in [0.1, 0.15) is 17.2 Å². The lowest BCUT2D eigenvalue weighted by molar-refractivity contribution is 0.103. The average Bonchev–Trinajstić information content (AvgIpc) is 2.55. The van der Waals surface area contributed by atoms with Crippen molar-refractivity contribution in [2.24, 2.45) is 0 Å². The van der Waals surface area contributed by atoms with E-state index < -0.39 is 5.60 Å². The van der Waals surface area contributed by atoms with E-state index in [4.69, 9.17) is 0 Å². The molecule has 138 valence electrons. The van der Waals surface area contributed by atoms with Gasteiger partial charge >= 0.3 is 0 Å². The molecule has 0 bridgehead atoms. The van der Waals surface area contributed by atoms with Crippen LogP contribution in [0.3, 0.4) is 0 Å². The molecular weight excluding hydrogens is 332 g/mol. The number of phenols is 3. The molecule has 0 radical (unpaired) electrons. The number of aryl methyl sites for hydroxylation is 1. The Morgan fingerprint density at radius 3 is 2.42 bits per heavy atom. The van der Waals surface area contributed by atoms with Gasteiger partial charge in [0, 0.05) is 5.56 Å². The number of carbonyl (C=O) groups is 1. The van der Waals surface area contributed by atoms with E-state index in [1.165, 1.54) is 18.2 Å². The number of phenolic OH excluding ortho intramolecular Hbond substituents is 3. The first kappa shape index (κ1) is 19.5. The third kappa shape index (κ3) is 4.43. The maximum Gasteiger partial charge on any atom is 0.154 e. The minimum atomic E-state index is -1.16. The van der Waals surface area contributed by atoms with Crippen molar-refractivity contribution in [3.63, 3.8) is 0 Å². The van der Waals surface area contributed by atoms with Crippen molar-refractivity contribution in [2.45, 2.75) is 39.2 Å². The smallest absolute Gasteiger partial charge is 0.154 e. The van der Waals surface area contributed by atoms with Crippen molar-refractivity contribution < 1.29 is 25.2 Å². The Morgan fingerprint density at radius 1 is 1.08 bits per heavy atom. The van der Waals surface area contributed by atoms with Gasteiger partial charge in [0.05, 0.1) is 11.2 Å². The van der Waals surface area contributed by atoms with Crippen molar-refractivity contribution in [1.29, 1.82) is 0 Å². The zero-order valence-electron chi connectivity index (χ0n) is 15.2. The number of aliphatic hydroxyl groups is 1. The molecule has 26 heavy (non-hydrogen) atoms. The lowest BCUT2D eigenvalue weighted by Gasteiger charge is -2.21. The average molecular weight is 356 g/mol. The summed E-state index contributed by atoms with van der Waals surface area (Å²) in [6.45, 7) is 5.28. The van der Waals surface area contributed by atoms with Crippen LogP contribution in [0, 0.1) is 13.8 Å². The molecule has 1 unspecified atom stereocenters. The minimum Gasteiger partial charge on any atom is -0.508 e. The number of aromatic hydroxyl groups is 3. The van der Waals surface area contributed by atoms with E-state index in [2.05, 4.69) is 0 Å². The van der Waals surface area contributed by atoms with Gasteiger partial charge in [-0.05, 0) is 74.6 Å². The normalized spacial score (nSPS) is 13.7. The first-order valence-corrected chi connectivity index (χ1v) is 8.35. The predicted molar refractivity (Wildman–Crippen MR) is 101 cm³/mol. The van der Waals surface area contributed by atoms with Gasteiger partial charge in [0.2, 0.25) is 0 Å². The summed E-state index contributed by atoms with van der Waals surface area (Å²) in [5.41, 5.74) is 2.00. The fourth-order valence-electron chi connectivity index (χ4n) is 2.96. The summed E-state index contributed by atoms with van der Waals surface area (Å²) >= 11 is 0. The maximum absolute atomic E-state index is 11.2. The molecule has 0 spiro atoms. The molecule has 2 aromatic carbocycles. The fraction of sp³-hybridized carbons (Fsp3) is 0.286. The van der Waals surface area contributed by atoms with Crippen LogP contribution in [0.25, 0.3) is 6.08 Å². The Balaban J connectivity index is 2.19. The van der Waals surface area contributed by atoms with Crippen LogP contribution in [0.4, 0.5) is 0 Å². The minimum absolute atomic E-state index is 0.00991. The second-order valence-electron chi connectivity index (χ2n) is 6.78. The monoisotopic (exact) mass is 356 g/mol. The molecule has 5 nitrogen and oxygen atoms in total. The zero-order valence-corrected chi connectivity index (χ0v) is 15.2. The van der Waals surface area contributed by atoms with Crippen LogP contribution in [0.2, 0.25) is 0 Å².